The largest absolute Gasteiger partial charge is 0.494 e. The van der Waals surface area contributed by atoms with Crippen molar-refractivity contribution in [2.24, 2.45) is 13.0 Å². The van der Waals surface area contributed by atoms with Gasteiger partial charge in [0, 0.05) is 13.6 Å². The second-order valence-corrected chi connectivity index (χ2v) is 9.21. The van der Waals surface area contributed by atoms with E-state index in [2.05, 4.69) is 11.9 Å². The maximum atomic E-state index is 13.6. The van der Waals surface area contributed by atoms with Crippen LogP contribution in [-0.2, 0) is 26.6 Å². The van der Waals surface area contributed by atoms with Gasteiger partial charge in [-0.1, -0.05) is 63.9 Å². The summed E-state index contributed by atoms with van der Waals surface area (Å²) in [4.78, 5) is 44.4. The summed E-state index contributed by atoms with van der Waals surface area (Å²) in [5.74, 6) is 0.104. The first-order valence-corrected chi connectivity index (χ1v) is 11.8. The topological polar surface area (TPSA) is 104 Å². The fraction of sp³-hybridized carbons (Fsp3) is 0.440. The van der Waals surface area contributed by atoms with Gasteiger partial charge in [0.1, 0.15) is 0 Å². The highest BCUT2D eigenvalue weighted by Crippen LogP contribution is 2.23. The number of unbranched alkanes of at least 4 members (excludes halogenated alkanes) is 2. The monoisotopic (exact) mass is 465 g/mol. The van der Waals surface area contributed by atoms with Crippen LogP contribution < -0.4 is 16.8 Å². The van der Waals surface area contributed by atoms with Crippen molar-refractivity contribution in [3.05, 3.63) is 72.7 Å². The van der Waals surface area contributed by atoms with Gasteiger partial charge in [0.2, 0.25) is 11.7 Å². The van der Waals surface area contributed by atoms with Crippen LogP contribution >= 0.6 is 0 Å². The second-order valence-electron chi connectivity index (χ2n) is 9.21. The number of imidazole rings is 1. The van der Waals surface area contributed by atoms with Gasteiger partial charge in [-0.25, -0.2) is 9.20 Å². The van der Waals surface area contributed by atoms with Crippen LogP contribution in [0.5, 0.6) is 5.88 Å². The van der Waals surface area contributed by atoms with E-state index in [9.17, 15) is 19.5 Å². The number of fused-ring (bicyclic) bond motifs is 3. The second kappa shape index (κ2) is 9.32. The van der Waals surface area contributed by atoms with Crippen LogP contribution in [0.15, 0.2) is 44.7 Å². The van der Waals surface area contributed by atoms with Crippen LogP contribution in [0.2, 0.25) is 0 Å². The summed E-state index contributed by atoms with van der Waals surface area (Å²) in [5.41, 5.74) is -0.165. The molecule has 0 saturated carbocycles. The van der Waals surface area contributed by atoms with Crippen LogP contribution in [0.1, 0.15) is 51.2 Å². The SMILES string of the molecule is CCCCCc1c(O)n(Cc2ccccc2)c2nc3c(c(=O)n(C)c(=O)n3CC(C)C)n2c1=O. The van der Waals surface area contributed by atoms with Gasteiger partial charge in [0.05, 0.1) is 12.1 Å². The van der Waals surface area contributed by atoms with Crippen LogP contribution in [0, 0.1) is 5.92 Å². The minimum atomic E-state index is -0.582. The minimum absolute atomic E-state index is 0.0568. The minimum Gasteiger partial charge on any atom is -0.494 e. The average Bonchev–Trinajstić information content (AvgIpc) is 3.21. The van der Waals surface area contributed by atoms with E-state index >= 15 is 0 Å². The first-order valence-electron chi connectivity index (χ1n) is 11.8. The standard InChI is InChI=1S/C25H31N5O4/c1-5-6-8-13-18-21(31)29(15-17-11-9-7-10-12-17)24-26-20-19(30(24)22(18)32)23(33)27(4)25(34)28(20)14-16(2)3/h7,9-12,16,31H,5-6,8,13-15H2,1-4H3. The predicted molar refractivity (Wildman–Crippen MR) is 132 cm³/mol. The van der Waals surface area contributed by atoms with Crippen molar-refractivity contribution in [1.29, 1.82) is 0 Å². The van der Waals surface area contributed by atoms with E-state index in [1.54, 1.807) is 4.57 Å². The molecule has 0 aliphatic heterocycles. The summed E-state index contributed by atoms with van der Waals surface area (Å²) < 4.78 is 5.29. The zero-order chi connectivity index (χ0) is 24.6. The quantitative estimate of drug-likeness (QED) is 0.403. The van der Waals surface area contributed by atoms with Gasteiger partial charge < -0.3 is 5.11 Å². The van der Waals surface area contributed by atoms with Gasteiger partial charge >= 0.3 is 5.69 Å². The van der Waals surface area contributed by atoms with Crippen molar-refractivity contribution < 1.29 is 5.11 Å². The molecule has 0 atom stereocenters. The molecular weight excluding hydrogens is 434 g/mol. The molecule has 0 bridgehead atoms. The van der Waals surface area contributed by atoms with Gasteiger partial charge in [-0.3, -0.25) is 23.3 Å². The zero-order valence-electron chi connectivity index (χ0n) is 20.1. The predicted octanol–water partition coefficient (Wildman–Crippen LogP) is 2.65. The summed E-state index contributed by atoms with van der Waals surface area (Å²) in [6.45, 7) is 6.60. The molecule has 4 rings (SSSR count). The Morgan fingerprint density at radius 2 is 1.71 bits per heavy atom. The number of rotatable bonds is 8. The molecule has 0 radical (unpaired) electrons. The molecule has 180 valence electrons. The maximum Gasteiger partial charge on any atom is 0.332 e. The van der Waals surface area contributed by atoms with Crippen LogP contribution in [0.25, 0.3) is 16.9 Å². The molecule has 0 aliphatic carbocycles. The van der Waals surface area contributed by atoms with Gasteiger partial charge in [-0.05, 0) is 24.3 Å². The van der Waals surface area contributed by atoms with Crippen molar-refractivity contribution >= 4 is 16.9 Å². The van der Waals surface area contributed by atoms with Crippen molar-refractivity contribution in [3.8, 4) is 5.88 Å². The molecule has 34 heavy (non-hydrogen) atoms. The van der Waals surface area contributed by atoms with E-state index in [-0.39, 0.29) is 40.8 Å². The normalized spacial score (nSPS) is 11.8. The number of nitrogens with zero attached hydrogens (tertiary/aromatic N) is 5. The van der Waals surface area contributed by atoms with Gasteiger partial charge in [-0.15, -0.1) is 0 Å². The maximum absolute atomic E-state index is 13.6. The lowest BCUT2D eigenvalue weighted by molar-refractivity contribution is 0.410. The number of hydrogen-bond donors (Lipinski definition) is 1. The Hall–Kier alpha value is -3.62. The molecule has 9 nitrogen and oxygen atoms in total. The molecule has 0 amide bonds. The van der Waals surface area contributed by atoms with E-state index in [4.69, 9.17) is 0 Å². The lowest BCUT2D eigenvalue weighted by atomic mass is 10.1. The molecule has 9 heteroatoms. The molecular formula is C25H31N5O4. The summed E-state index contributed by atoms with van der Waals surface area (Å²) in [7, 11) is 1.41. The third kappa shape index (κ3) is 3.95. The molecule has 0 fully saturated rings. The summed E-state index contributed by atoms with van der Waals surface area (Å²) in [6, 6.07) is 9.53. The summed E-state index contributed by atoms with van der Waals surface area (Å²) >= 11 is 0. The molecule has 3 aromatic heterocycles. The van der Waals surface area contributed by atoms with Gasteiger partial charge in [0.15, 0.2) is 11.2 Å². The number of hydrogen-bond acceptors (Lipinski definition) is 5. The third-order valence-electron chi connectivity index (χ3n) is 6.11. The van der Waals surface area contributed by atoms with Gasteiger partial charge in [-0.2, -0.15) is 4.98 Å². The summed E-state index contributed by atoms with van der Waals surface area (Å²) in [6.07, 6.45) is 3.00. The van der Waals surface area contributed by atoms with Crippen LogP contribution in [0.3, 0.4) is 0 Å². The fourth-order valence-corrected chi connectivity index (χ4v) is 4.37. The highest BCUT2D eigenvalue weighted by molar-refractivity contribution is 5.75. The van der Waals surface area contributed by atoms with E-state index < -0.39 is 16.8 Å². The first kappa shape index (κ1) is 23.5. The Bertz CT molecular complexity index is 1520. The van der Waals surface area contributed by atoms with Gasteiger partial charge in [0.25, 0.3) is 11.1 Å². The Labute approximate surface area is 196 Å². The Morgan fingerprint density at radius 1 is 1.00 bits per heavy atom. The Balaban J connectivity index is 2.13. The summed E-state index contributed by atoms with van der Waals surface area (Å²) in [5, 5.41) is 11.2. The molecule has 1 aromatic carbocycles. The van der Waals surface area contributed by atoms with E-state index in [1.165, 1.54) is 16.0 Å². The Kier molecular flexibility index (Phi) is 6.45. The van der Waals surface area contributed by atoms with Crippen molar-refractivity contribution in [1.82, 2.24) is 23.1 Å². The number of aromatic nitrogens is 5. The zero-order valence-corrected chi connectivity index (χ0v) is 20.1. The average molecular weight is 466 g/mol. The fourth-order valence-electron chi connectivity index (χ4n) is 4.37. The molecule has 0 saturated heterocycles. The molecule has 1 N–H and O–H groups in total. The third-order valence-corrected chi connectivity index (χ3v) is 6.11. The molecule has 4 aromatic rings. The van der Waals surface area contributed by atoms with E-state index in [0.29, 0.717) is 13.0 Å². The lowest BCUT2D eigenvalue weighted by Gasteiger charge is -2.14. The molecule has 0 unspecified atom stereocenters. The van der Waals surface area contributed by atoms with E-state index in [0.717, 1.165) is 29.4 Å². The Morgan fingerprint density at radius 3 is 2.35 bits per heavy atom. The lowest BCUT2D eigenvalue weighted by Crippen LogP contribution is -2.39. The molecule has 3 heterocycles. The van der Waals surface area contributed by atoms with E-state index in [1.807, 2.05) is 44.2 Å². The number of benzene rings is 1. The van der Waals surface area contributed by atoms with Crippen LogP contribution in [-0.4, -0.2) is 28.2 Å². The van der Waals surface area contributed by atoms with Crippen molar-refractivity contribution in [2.75, 3.05) is 0 Å². The molecule has 0 aliphatic rings. The highest BCUT2D eigenvalue weighted by Gasteiger charge is 2.25. The number of aromatic hydroxyl groups is 1. The molecule has 0 spiro atoms. The highest BCUT2D eigenvalue weighted by atomic mass is 16.3. The smallest absolute Gasteiger partial charge is 0.332 e. The van der Waals surface area contributed by atoms with Crippen molar-refractivity contribution in [3.63, 3.8) is 0 Å². The van der Waals surface area contributed by atoms with Crippen LogP contribution in [0.4, 0.5) is 0 Å². The first-order chi connectivity index (χ1) is 16.3. The van der Waals surface area contributed by atoms with Crippen molar-refractivity contribution in [2.45, 2.75) is 59.5 Å².